The molecule has 5 nitrogen and oxygen atoms in total. The van der Waals surface area contributed by atoms with Gasteiger partial charge in [-0.25, -0.2) is 0 Å². The van der Waals surface area contributed by atoms with Crippen LogP contribution < -0.4 is 0 Å². The molecule has 0 saturated carbocycles. The smallest absolute Gasteiger partial charge is 0.247 e. The van der Waals surface area contributed by atoms with Crippen LogP contribution in [0, 0.1) is 6.92 Å². The molecule has 1 fully saturated rings. The van der Waals surface area contributed by atoms with Gasteiger partial charge in [0.2, 0.25) is 11.8 Å². The highest BCUT2D eigenvalue weighted by Crippen LogP contribution is 2.30. The Bertz CT molecular complexity index is 910. The number of morpholine rings is 1. The standard InChI is InChI=1S/C21H22BrN3O2/c1-14-6-8-16(9-7-14)21-24-23-20(27-21)15(2)25-10-11-26-19(13-25)17-4-3-5-18(22)12-17/h3-9,12,15,19H,10-11,13H2,1-2H3. The molecule has 1 saturated heterocycles. The third-order valence-corrected chi connectivity index (χ3v) is 5.46. The molecule has 1 aliphatic heterocycles. The molecular formula is C21H22BrN3O2. The van der Waals surface area contributed by atoms with Gasteiger partial charge in [-0.05, 0) is 43.7 Å². The van der Waals surface area contributed by atoms with Crippen molar-refractivity contribution < 1.29 is 9.15 Å². The van der Waals surface area contributed by atoms with E-state index in [9.17, 15) is 0 Å². The molecule has 0 spiro atoms. The lowest BCUT2D eigenvalue weighted by molar-refractivity contribution is -0.0463. The van der Waals surface area contributed by atoms with E-state index in [0.29, 0.717) is 18.4 Å². The lowest BCUT2D eigenvalue weighted by atomic mass is 10.1. The van der Waals surface area contributed by atoms with Crippen LogP contribution in [0.15, 0.2) is 57.4 Å². The molecule has 0 aliphatic carbocycles. The Morgan fingerprint density at radius 1 is 1.15 bits per heavy atom. The summed E-state index contributed by atoms with van der Waals surface area (Å²) in [6, 6.07) is 16.4. The van der Waals surface area contributed by atoms with Crippen molar-refractivity contribution in [1.82, 2.24) is 15.1 Å². The maximum atomic E-state index is 5.99. The van der Waals surface area contributed by atoms with Crippen molar-refractivity contribution in [1.29, 1.82) is 0 Å². The van der Waals surface area contributed by atoms with Crippen LogP contribution in [0.3, 0.4) is 0 Å². The quantitative estimate of drug-likeness (QED) is 0.589. The van der Waals surface area contributed by atoms with E-state index >= 15 is 0 Å². The van der Waals surface area contributed by atoms with Gasteiger partial charge in [0.15, 0.2) is 0 Å². The number of halogens is 1. The van der Waals surface area contributed by atoms with E-state index in [4.69, 9.17) is 9.15 Å². The molecule has 0 bridgehead atoms. The molecule has 3 aromatic rings. The van der Waals surface area contributed by atoms with E-state index in [0.717, 1.165) is 23.1 Å². The van der Waals surface area contributed by atoms with Crippen molar-refractivity contribution >= 4 is 15.9 Å². The highest BCUT2D eigenvalue weighted by molar-refractivity contribution is 9.10. The van der Waals surface area contributed by atoms with Gasteiger partial charge in [-0.15, -0.1) is 10.2 Å². The molecule has 1 aliphatic rings. The molecule has 140 valence electrons. The van der Waals surface area contributed by atoms with Crippen LogP contribution in [0.4, 0.5) is 0 Å². The van der Waals surface area contributed by atoms with E-state index in [-0.39, 0.29) is 12.1 Å². The second-order valence-corrected chi connectivity index (χ2v) is 7.81. The monoisotopic (exact) mass is 427 g/mol. The van der Waals surface area contributed by atoms with Crippen LogP contribution in [-0.2, 0) is 4.74 Å². The van der Waals surface area contributed by atoms with Crippen molar-refractivity contribution in [3.8, 4) is 11.5 Å². The van der Waals surface area contributed by atoms with Crippen molar-refractivity contribution in [2.24, 2.45) is 0 Å². The van der Waals surface area contributed by atoms with Crippen LogP contribution in [0.25, 0.3) is 11.5 Å². The van der Waals surface area contributed by atoms with Crippen molar-refractivity contribution in [3.05, 3.63) is 70.0 Å². The number of nitrogens with zero attached hydrogens (tertiary/aromatic N) is 3. The fourth-order valence-corrected chi connectivity index (χ4v) is 3.72. The van der Waals surface area contributed by atoms with Gasteiger partial charge in [0.1, 0.15) is 0 Å². The van der Waals surface area contributed by atoms with E-state index in [1.807, 2.05) is 36.4 Å². The lowest BCUT2D eigenvalue weighted by Gasteiger charge is -2.35. The summed E-state index contributed by atoms with van der Waals surface area (Å²) in [5.74, 6) is 1.20. The minimum absolute atomic E-state index is 0.0373. The average molecular weight is 428 g/mol. The van der Waals surface area contributed by atoms with E-state index < -0.39 is 0 Å². The summed E-state index contributed by atoms with van der Waals surface area (Å²) < 4.78 is 13.0. The molecule has 2 heterocycles. The molecule has 1 aromatic heterocycles. The maximum Gasteiger partial charge on any atom is 0.247 e. The molecule has 2 atom stereocenters. The highest BCUT2D eigenvalue weighted by atomic mass is 79.9. The first-order chi connectivity index (χ1) is 13.1. The zero-order valence-electron chi connectivity index (χ0n) is 15.4. The Morgan fingerprint density at radius 2 is 1.96 bits per heavy atom. The number of ether oxygens (including phenoxy) is 1. The number of hydrogen-bond donors (Lipinski definition) is 0. The van der Waals surface area contributed by atoms with Gasteiger partial charge >= 0.3 is 0 Å². The molecule has 4 rings (SSSR count). The Labute approximate surface area is 167 Å². The van der Waals surface area contributed by atoms with Crippen molar-refractivity contribution in [2.45, 2.75) is 26.0 Å². The molecule has 6 heteroatoms. The predicted octanol–water partition coefficient (Wildman–Crippen LogP) is 4.94. The summed E-state index contributed by atoms with van der Waals surface area (Å²) in [5.41, 5.74) is 3.33. The number of aryl methyl sites for hydroxylation is 1. The summed E-state index contributed by atoms with van der Waals surface area (Å²) in [4.78, 5) is 2.33. The molecule has 0 amide bonds. The van der Waals surface area contributed by atoms with Gasteiger partial charge in [-0.1, -0.05) is 45.8 Å². The summed E-state index contributed by atoms with van der Waals surface area (Å²) >= 11 is 3.54. The zero-order valence-corrected chi connectivity index (χ0v) is 17.0. The first-order valence-corrected chi connectivity index (χ1v) is 9.91. The SMILES string of the molecule is Cc1ccc(-c2nnc(C(C)N3CCOC(c4cccc(Br)c4)C3)o2)cc1. The topological polar surface area (TPSA) is 51.4 Å². The molecule has 2 unspecified atom stereocenters. The number of hydrogen-bond acceptors (Lipinski definition) is 5. The summed E-state index contributed by atoms with van der Waals surface area (Å²) in [7, 11) is 0. The highest BCUT2D eigenvalue weighted by Gasteiger charge is 2.29. The van der Waals surface area contributed by atoms with Gasteiger partial charge in [-0.3, -0.25) is 4.90 Å². The van der Waals surface area contributed by atoms with E-state index in [1.165, 1.54) is 11.1 Å². The fraction of sp³-hybridized carbons (Fsp3) is 0.333. The Balaban J connectivity index is 1.49. The second-order valence-electron chi connectivity index (χ2n) is 6.90. The zero-order chi connectivity index (χ0) is 18.8. The minimum atomic E-state index is 0.0373. The fourth-order valence-electron chi connectivity index (χ4n) is 3.30. The Kier molecular flexibility index (Phi) is 5.38. The van der Waals surface area contributed by atoms with Crippen LogP contribution in [0.5, 0.6) is 0 Å². The van der Waals surface area contributed by atoms with E-state index in [2.05, 4.69) is 57.0 Å². The average Bonchev–Trinajstić information content (AvgIpc) is 3.18. The van der Waals surface area contributed by atoms with Gasteiger partial charge in [0, 0.05) is 23.1 Å². The van der Waals surface area contributed by atoms with Gasteiger partial charge in [0.05, 0.1) is 18.8 Å². The molecule has 2 aromatic carbocycles. The normalized spacial score (nSPS) is 19.1. The van der Waals surface area contributed by atoms with Crippen molar-refractivity contribution in [2.75, 3.05) is 19.7 Å². The number of aromatic nitrogens is 2. The van der Waals surface area contributed by atoms with Crippen LogP contribution in [0.1, 0.15) is 36.1 Å². The minimum Gasteiger partial charge on any atom is -0.419 e. The van der Waals surface area contributed by atoms with Crippen LogP contribution in [-0.4, -0.2) is 34.8 Å². The molecule has 27 heavy (non-hydrogen) atoms. The van der Waals surface area contributed by atoms with Gasteiger partial charge in [-0.2, -0.15) is 0 Å². The molecule has 0 radical (unpaired) electrons. The second kappa shape index (κ2) is 7.92. The van der Waals surface area contributed by atoms with Gasteiger partial charge in [0.25, 0.3) is 0 Å². The number of benzene rings is 2. The summed E-state index contributed by atoms with van der Waals surface area (Å²) in [6.07, 6.45) is 0.0400. The van der Waals surface area contributed by atoms with Crippen molar-refractivity contribution in [3.63, 3.8) is 0 Å². The lowest BCUT2D eigenvalue weighted by Crippen LogP contribution is -2.40. The third-order valence-electron chi connectivity index (χ3n) is 4.96. The Hall–Kier alpha value is -2.02. The van der Waals surface area contributed by atoms with Crippen LogP contribution in [0.2, 0.25) is 0 Å². The maximum absolute atomic E-state index is 5.99. The third kappa shape index (κ3) is 4.13. The first kappa shape index (κ1) is 18.3. The molecule has 0 N–H and O–H groups in total. The van der Waals surface area contributed by atoms with Gasteiger partial charge < -0.3 is 9.15 Å². The predicted molar refractivity (Wildman–Crippen MR) is 107 cm³/mol. The largest absolute Gasteiger partial charge is 0.419 e. The first-order valence-electron chi connectivity index (χ1n) is 9.12. The van der Waals surface area contributed by atoms with Crippen LogP contribution >= 0.6 is 15.9 Å². The summed E-state index contributed by atoms with van der Waals surface area (Å²) in [5, 5.41) is 8.54. The van der Waals surface area contributed by atoms with E-state index in [1.54, 1.807) is 0 Å². The Morgan fingerprint density at radius 3 is 2.74 bits per heavy atom. The molecular weight excluding hydrogens is 406 g/mol. The number of rotatable bonds is 4. The summed E-state index contributed by atoms with van der Waals surface area (Å²) in [6.45, 7) is 6.48.